The molecule has 1 unspecified atom stereocenters. The Labute approximate surface area is 93.1 Å². The molecule has 0 radical (unpaired) electrons. The van der Waals surface area contributed by atoms with Crippen LogP contribution in [0.25, 0.3) is 0 Å². The number of benzene rings is 1. The van der Waals surface area contributed by atoms with Crippen molar-refractivity contribution < 1.29 is 0 Å². The van der Waals surface area contributed by atoms with Crippen LogP contribution >= 0.6 is 15.9 Å². The molecular formula is C11H13BrN2. The molecule has 1 rings (SSSR count). The van der Waals surface area contributed by atoms with E-state index in [0.717, 1.165) is 16.6 Å². The molecule has 74 valence electrons. The number of aryl methyl sites for hydroxylation is 1. The average molecular weight is 253 g/mol. The van der Waals surface area contributed by atoms with E-state index >= 15 is 0 Å². The van der Waals surface area contributed by atoms with E-state index in [0.29, 0.717) is 0 Å². The van der Waals surface area contributed by atoms with Crippen LogP contribution in [0.5, 0.6) is 0 Å². The number of nitrogens with one attached hydrogen (secondary N) is 1. The summed E-state index contributed by atoms with van der Waals surface area (Å²) >= 11 is 3.46. The second kappa shape index (κ2) is 5.02. The lowest BCUT2D eigenvalue weighted by Crippen LogP contribution is -2.15. The summed E-state index contributed by atoms with van der Waals surface area (Å²) in [6.45, 7) is 4.03. The molecule has 0 saturated carbocycles. The minimum Gasteiger partial charge on any atom is -0.369 e. The Kier molecular flexibility index (Phi) is 3.97. The van der Waals surface area contributed by atoms with E-state index < -0.39 is 0 Å². The molecule has 0 fully saturated rings. The predicted octanol–water partition coefficient (Wildman–Crippen LogP) is 3.47. The quantitative estimate of drug-likeness (QED) is 0.895. The smallest absolute Gasteiger partial charge is 0.114 e. The number of halogens is 1. The monoisotopic (exact) mass is 252 g/mol. The van der Waals surface area contributed by atoms with Gasteiger partial charge in [0.15, 0.2) is 0 Å². The van der Waals surface area contributed by atoms with E-state index in [2.05, 4.69) is 27.3 Å². The van der Waals surface area contributed by atoms with Gasteiger partial charge in [0.1, 0.15) is 6.04 Å². The zero-order chi connectivity index (χ0) is 10.6. The van der Waals surface area contributed by atoms with E-state index in [4.69, 9.17) is 5.26 Å². The molecule has 1 atom stereocenters. The van der Waals surface area contributed by atoms with Crippen molar-refractivity contribution in [2.24, 2.45) is 0 Å². The van der Waals surface area contributed by atoms with Crippen LogP contribution in [0.2, 0.25) is 0 Å². The summed E-state index contributed by atoms with van der Waals surface area (Å²) in [5.74, 6) is 0. The molecule has 0 heterocycles. The molecule has 0 amide bonds. The van der Waals surface area contributed by atoms with Crippen molar-refractivity contribution in [3.05, 3.63) is 28.2 Å². The van der Waals surface area contributed by atoms with Gasteiger partial charge in [-0.15, -0.1) is 0 Å². The fourth-order valence-electron chi connectivity index (χ4n) is 1.15. The largest absolute Gasteiger partial charge is 0.369 e. The van der Waals surface area contributed by atoms with Gasteiger partial charge in [-0.2, -0.15) is 5.26 Å². The summed E-state index contributed by atoms with van der Waals surface area (Å²) in [5.41, 5.74) is 2.18. The first kappa shape index (κ1) is 11.1. The van der Waals surface area contributed by atoms with Gasteiger partial charge < -0.3 is 5.32 Å². The molecule has 14 heavy (non-hydrogen) atoms. The van der Waals surface area contributed by atoms with Crippen molar-refractivity contribution in [3.8, 4) is 6.07 Å². The Hall–Kier alpha value is -1.01. The summed E-state index contributed by atoms with van der Waals surface area (Å²) in [7, 11) is 0. The second-order valence-electron chi connectivity index (χ2n) is 3.22. The third-order valence-corrected chi connectivity index (χ3v) is 2.67. The Morgan fingerprint density at radius 1 is 1.57 bits per heavy atom. The molecule has 0 aliphatic carbocycles. The van der Waals surface area contributed by atoms with E-state index in [-0.39, 0.29) is 6.04 Å². The molecule has 0 aliphatic heterocycles. The zero-order valence-corrected chi connectivity index (χ0v) is 9.93. The first-order valence-corrected chi connectivity index (χ1v) is 5.39. The number of hydrogen-bond donors (Lipinski definition) is 1. The fourth-order valence-corrected chi connectivity index (χ4v) is 1.76. The predicted molar refractivity (Wildman–Crippen MR) is 62.2 cm³/mol. The van der Waals surface area contributed by atoms with Gasteiger partial charge in [0, 0.05) is 10.2 Å². The lowest BCUT2D eigenvalue weighted by Gasteiger charge is -2.12. The minimum absolute atomic E-state index is 0.117. The third-order valence-electron chi connectivity index (χ3n) is 2.02. The van der Waals surface area contributed by atoms with E-state index in [1.807, 2.05) is 32.0 Å². The second-order valence-corrected chi connectivity index (χ2v) is 4.07. The molecule has 2 nitrogen and oxygen atoms in total. The molecule has 0 saturated heterocycles. The highest BCUT2D eigenvalue weighted by Gasteiger charge is 2.06. The van der Waals surface area contributed by atoms with Crippen LogP contribution in [-0.4, -0.2) is 6.04 Å². The maximum Gasteiger partial charge on any atom is 0.114 e. The lowest BCUT2D eigenvalue weighted by atomic mass is 10.2. The maximum absolute atomic E-state index is 8.81. The summed E-state index contributed by atoms with van der Waals surface area (Å²) < 4.78 is 1.01. The Morgan fingerprint density at radius 2 is 2.29 bits per heavy atom. The van der Waals surface area contributed by atoms with Gasteiger partial charge >= 0.3 is 0 Å². The van der Waals surface area contributed by atoms with Crippen molar-refractivity contribution in [2.75, 3.05) is 5.32 Å². The Bertz CT molecular complexity index is 355. The number of nitrogens with zero attached hydrogens (tertiary/aromatic N) is 1. The van der Waals surface area contributed by atoms with Crippen molar-refractivity contribution in [2.45, 2.75) is 26.3 Å². The van der Waals surface area contributed by atoms with Crippen LogP contribution in [0, 0.1) is 18.3 Å². The third kappa shape index (κ3) is 2.74. The topological polar surface area (TPSA) is 35.8 Å². The molecule has 3 heteroatoms. The molecule has 1 N–H and O–H groups in total. The van der Waals surface area contributed by atoms with E-state index in [9.17, 15) is 0 Å². The lowest BCUT2D eigenvalue weighted by molar-refractivity contribution is 0.844. The Morgan fingerprint density at radius 3 is 2.79 bits per heavy atom. The van der Waals surface area contributed by atoms with Gasteiger partial charge in [0.05, 0.1) is 6.07 Å². The van der Waals surface area contributed by atoms with E-state index in [1.165, 1.54) is 5.56 Å². The summed E-state index contributed by atoms with van der Waals surface area (Å²) in [4.78, 5) is 0. The molecular weight excluding hydrogens is 240 g/mol. The molecule has 1 aromatic carbocycles. The average Bonchev–Trinajstić information content (AvgIpc) is 2.17. The standard InChI is InChI=1S/C11H13BrN2/c1-3-9(7-13)14-11-5-4-8(2)6-10(11)12/h4-6,9,14H,3H2,1-2H3. The zero-order valence-electron chi connectivity index (χ0n) is 8.34. The van der Waals surface area contributed by atoms with Crippen LogP contribution in [0.3, 0.4) is 0 Å². The van der Waals surface area contributed by atoms with Gasteiger partial charge in [-0.05, 0) is 47.0 Å². The van der Waals surface area contributed by atoms with Crippen LogP contribution < -0.4 is 5.32 Å². The van der Waals surface area contributed by atoms with Gasteiger partial charge in [-0.1, -0.05) is 13.0 Å². The van der Waals surface area contributed by atoms with Crippen molar-refractivity contribution in [1.29, 1.82) is 5.26 Å². The molecule has 0 aromatic heterocycles. The summed E-state index contributed by atoms with van der Waals surface area (Å²) in [5, 5.41) is 12.0. The van der Waals surface area contributed by atoms with E-state index in [1.54, 1.807) is 0 Å². The van der Waals surface area contributed by atoms with Crippen LogP contribution in [0.15, 0.2) is 22.7 Å². The Balaban J connectivity index is 2.82. The number of rotatable bonds is 3. The van der Waals surface area contributed by atoms with Crippen molar-refractivity contribution >= 4 is 21.6 Å². The van der Waals surface area contributed by atoms with Gasteiger partial charge in [-0.3, -0.25) is 0 Å². The molecule has 0 bridgehead atoms. The first-order chi connectivity index (χ1) is 6.67. The maximum atomic E-state index is 8.81. The molecule has 1 aromatic rings. The minimum atomic E-state index is -0.117. The normalized spacial score (nSPS) is 11.9. The number of hydrogen-bond acceptors (Lipinski definition) is 2. The van der Waals surface area contributed by atoms with Crippen LogP contribution in [-0.2, 0) is 0 Å². The molecule has 0 aliphatic rings. The summed E-state index contributed by atoms with van der Waals surface area (Å²) in [6, 6.07) is 8.14. The highest BCUT2D eigenvalue weighted by molar-refractivity contribution is 9.10. The van der Waals surface area contributed by atoms with Gasteiger partial charge in [-0.25, -0.2) is 0 Å². The number of anilines is 1. The van der Waals surface area contributed by atoms with Crippen LogP contribution in [0.4, 0.5) is 5.69 Å². The van der Waals surface area contributed by atoms with Crippen molar-refractivity contribution in [1.82, 2.24) is 0 Å². The highest BCUT2D eigenvalue weighted by atomic mass is 79.9. The summed E-state index contributed by atoms with van der Waals surface area (Å²) in [6.07, 6.45) is 0.802. The first-order valence-electron chi connectivity index (χ1n) is 4.59. The van der Waals surface area contributed by atoms with Gasteiger partial charge in [0.2, 0.25) is 0 Å². The number of nitriles is 1. The fraction of sp³-hybridized carbons (Fsp3) is 0.364. The SMILES string of the molecule is CCC(C#N)Nc1ccc(C)cc1Br. The van der Waals surface area contributed by atoms with Gasteiger partial charge in [0.25, 0.3) is 0 Å². The molecule has 0 spiro atoms. The highest BCUT2D eigenvalue weighted by Crippen LogP contribution is 2.24. The van der Waals surface area contributed by atoms with Crippen LogP contribution in [0.1, 0.15) is 18.9 Å². The van der Waals surface area contributed by atoms with Crippen molar-refractivity contribution in [3.63, 3.8) is 0 Å².